The van der Waals surface area contributed by atoms with Gasteiger partial charge in [-0.15, -0.1) is 0 Å². The molecule has 0 fully saturated rings. The molecule has 10 heteroatoms. The van der Waals surface area contributed by atoms with Gasteiger partial charge in [0.2, 0.25) is 10.0 Å². The fraction of sp³-hybridized carbons (Fsp3) is 0.0769. The third-order valence-electron chi connectivity index (χ3n) is 2.61. The molecule has 2 aromatic rings. The molecule has 1 aromatic heterocycles. The average Bonchev–Trinajstić information content (AvgIpc) is 2.93. The third kappa shape index (κ3) is 5.09. The van der Waals surface area contributed by atoms with Crippen LogP contribution in [0.25, 0.3) is 0 Å². The Kier molecular flexibility index (Phi) is 5.37. The number of nitrogens with two attached hydrogens (primary N) is 1. The Morgan fingerprint density at radius 3 is 2.61 bits per heavy atom. The van der Waals surface area contributed by atoms with E-state index in [9.17, 15) is 13.2 Å². The Balaban J connectivity index is 1.98. The van der Waals surface area contributed by atoms with Crippen molar-refractivity contribution in [3.63, 3.8) is 0 Å². The summed E-state index contributed by atoms with van der Waals surface area (Å²) < 4.78 is 31.9. The van der Waals surface area contributed by atoms with E-state index < -0.39 is 16.1 Å². The van der Waals surface area contributed by atoms with E-state index >= 15 is 0 Å². The van der Waals surface area contributed by atoms with Crippen LogP contribution in [0, 0.1) is 0 Å². The Bertz CT molecular complexity index is 815. The molecule has 23 heavy (non-hydrogen) atoms. The molecule has 0 atom stereocenters. The van der Waals surface area contributed by atoms with Crippen molar-refractivity contribution in [3.8, 4) is 0 Å². The Morgan fingerprint density at radius 1 is 1.26 bits per heavy atom. The van der Waals surface area contributed by atoms with Gasteiger partial charge < -0.3 is 10.2 Å². The van der Waals surface area contributed by atoms with Gasteiger partial charge in [-0.1, -0.05) is 11.6 Å². The number of carbonyl (C=O) groups is 1. The molecule has 0 saturated carbocycles. The quantitative estimate of drug-likeness (QED) is 0.534. The van der Waals surface area contributed by atoms with Crippen LogP contribution in [0.5, 0.6) is 0 Å². The van der Waals surface area contributed by atoms with Crippen LogP contribution in [0.4, 0.5) is 4.79 Å². The molecule has 2 rings (SSSR count). The van der Waals surface area contributed by atoms with Crippen molar-refractivity contribution in [2.24, 2.45) is 10.8 Å². The first-order chi connectivity index (χ1) is 10.9. The minimum absolute atomic E-state index is 0.0396. The number of nitrogens with one attached hydrogen (secondary N) is 2. The number of benzene rings is 1. The van der Waals surface area contributed by atoms with Crippen molar-refractivity contribution >= 4 is 33.9 Å². The second-order valence-corrected chi connectivity index (χ2v) is 6.52. The van der Waals surface area contributed by atoms with Crippen LogP contribution < -0.4 is 15.9 Å². The topological polar surface area (TPSA) is 127 Å². The Labute approximate surface area is 137 Å². The molecule has 0 saturated heterocycles. The molecule has 0 bridgehead atoms. The number of halogens is 1. The van der Waals surface area contributed by atoms with E-state index in [0.29, 0.717) is 16.5 Å². The number of primary amides is 1. The lowest BCUT2D eigenvalue weighted by molar-refractivity contribution is 0.249. The maximum atomic E-state index is 12.1. The number of hydrogen-bond acceptors (Lipinski definition) is 5. The third-order valence-corrected chi connectivity index (χ3v) is 4.28. The number of nitrogens with zero attached hydrogens (tertiary/aromatic N) is 1. The predicted molar refractivity (Wildman–Crippen MR) is 84.5 cm³/mol. The molecule has 2 amide bonds. The zero-order valence-corrected chi connectivity index (χ0v) is 13.3. The summed E-state index contributed by atoms with van der Waals surface area (Å²) in [5.74, 6) is 0.711. The molecule has 0 aliphatic rings. The van der Waals surface area contributed by atoms with Crippen LogP contribution in [0.2, 0.25) is 5.02 Å². The fourth-order valence-corrected chi connectivity index (χ4v) is 2.70. The number of hydrogen-bond donors (Lipinski definition) is 3. The van der Waals surface area contributed by atoms with E-state index in [0.717, 1.165) is 0 Å². The van der Waals surface area contributed by atoms with Gasteiger partial charge in [-0.2, -0.15) is 5.10 Å². The molecule has 122 valence electrons. The minimum atomic E-state index is -3.67. The number of amides is 2. The van der Waals surface area contributed by atoms with Crippen molar-refractivity contribution in [1.29, 1.82) is 0 Å². The van der Waals surface area contributed by atoms with Crippen LogP contribution in [0.1, 0.15) is 11.5 Å². The van der Waals surface area contributed by atoms with E-state index in [4.69, 9.17) is 21.8 Å². The summed E-state index contributed by atoms with van der Waals surface area (Å²) >= 11 is 5.72. The van der Waals surface area contributed by atoms with E-state index in [2.05, 4.69) is 9.82 Å². The number of rotatable bonds is 6. The zero-order chi connectivity index (χ0) is 16.9. The summed E-state index contributed by atoms with van der Waals surface area (Å²) in [7, 11) is -3.67. The standard InChI is InChI=1S/C13H13ClN4O4S/c14-9-1-5-12(6-2-9)23(20,21)17-8-11-4-3-10(22-11)7-16-18-13(15)19/h1-7,17H,8H2,(H3,15,18,19)/b16-7-. The number of furan rings is 1. The maximum absolute atomic E-state index is 12.1. The fourth-order valence-electron chi connectivity index (χ4n) is 1.58. The Hall–Kier alpha value is -2.36. The van der Waals surface area contributed by atoms with Crippen molar-refractivity contribution in [1.82, 2.24) is 10.1 Å². The zero-order valence-electron chi connectivity index (χ0n) is 11.7. The Morgan fingerprint density at radius 2 is 1.96 bits per heavy atom. The predicted octanol–water partition coefficient (Wildman–Crippen LogP) is 1.41. The van der Waals surface area contributed by atoms with Crippen LogP contribution in [-0.4, -0.2) is 20.7 Å². The average molecular weight is 357 g/mol. The highest BCUT2D eigenvalue weighted by molar-refractivity contribution is 7.89. The van der Waals surface area contributed by atoms with E-state index in [1.54, 1.807) is 12.1 Å². The SMILES string of the molecule is NC(=O)N/N=C\c1ccc(CNS(=O)(=O)c2ccc(Cl)cc2)o1. The monoisotopic (exact) mass is 356 g/mol. The van der Waals surface area contributed by atoms with E-state index in [1.165, 1.54) is 30.5 Å². The molecule has 0 aliphatic heterocycles. The van der Waals surface area contributed by atoms with Gasteiger partial charge in [0.25, 0.3) is 0 Å². The normalized spacial score (nSPS) is 11.7. The lowest BCUT2D eigenvalue weighted by Gasteiger charge is -2.05. The second kappa shape index (κ2) is 7.27. The number of sulfonamides is 1. The van der Waals surface area contributed by atoms with Crippen molar-refractivity contribution in [2.45, 2.75) is 11.4 Å². The molecule has 8 nitrogen and oxygen atoms in total. The van der Waals surface area contributed by atoms with Gasteiger partial charge in [0.1, 0.15) is 11.5 Å². The number of urea groups is 1. The van der Waals surface area contributed by atoms with Crippen molar-refractivity contribution < 1.29 is 17.6 Å². The minimum Gasteiger partial charge on any atom is -0.459 e. The molecule has 0 unspecified atom stereocenters. The first-order valence-corrected chi connectivity index (χ1v) is 8.15. The largest absolute Gasteiger partial charge is 0.459 e. The van der Waals surface area contributed by atoms with Crippen LogP contribution >= 0.6 is 11.6 Å². The summed E-state index contributed by atoms with van der Waals surface area (Å²) in [6.45, 7) is -0.0396. The molecule has 1 aromatic carbocycles. The van der Waals surface area contributed by atoms with Gasteiger partial charge in [0, 0.05) is 5.02 Å². The van der Waals surface area contributed by atoms with Gasteiger partial charge in [0.15, 0.2) is 0 Å². The highest BCUT2D eigenvalue weighted by Gasteiger charge is 2.14. The van der Waals surface area contributed by atoms with Gasteiger partial charge in [-0.05, 0) is 36.4 Å². The van der Waals surface area contributed by atoms with E-state index in [-0.39, 0.29) is 11.4 Å². The van der Waals surface area contributed by atoms with Gasteiger partial charge in [-0.3, -0.25) is 0 Å². The molecule has 0 aliphatic carbocycles. The molecule has 1 heterocycles. The summed E-state index contributed by atoms with van der Waals surface area (Å²) in [4.78, 5) is 10.5. The maximum Gasteiger partial charge on any atom is 0.332 e. The molecular weight excluding hydrogens is 344 g/mol. The van der Waals surface area contributed by atoms with Crippen LogP contribution in [0.15, 0.2) is 50.8 Å². The molecule has 0 spiro atoms. The molecule has 0 radical (unpaired) electrons. The summed E-state index contributed by atoms with van der Waals surface area (Å²) in [6, 6.07) is 8.13. The van der Waals surface area contributed by atoms with Crippen LogP contribution in [0.3, 0.4) is 0 Å². The smallest absolute Gasteiger partial charge is 0.332 e. The van der Waals surface area contributed by atoms with Gasteiger partial charge >= 0.3 is 6.03 Å². The van der Waals surface area contributed by atoms with E-state index in [1.807, 2.05) is 5.43 Å². The summed E-state index contributed by atoms with van der Waals surface area (Å²) in [5.41, 5.74) is 6.85. The molecular formula is C13H13ClN4O4S. The molecule has 4 N–H and O–H groups in total. The van der Waals surface area contributed by atoms with Crippen molar-refractivity contribution in [2.75, 3.05) is 0 Å². The van der Waals surface area contributed by atoms with Crippen LogP contribution in [-0.2, 0) is 16.6 Å². The highest BCUT2D eigenvalue weighted by Crippen LogP contribution is 2.14. The first-order valence-electron chi connectivity index (χ1n) is 6.29. The van der Waals surface area contributed by atoms with Crippen molar-refractivity contribution in [3.05, 3.63) is 52.9 Å². The first kappa shape index (κ1) is 17.0. The lowest BCUT2D eigenvalue weighted by Crippen LogP contribution is -2.24. The lowest BCUT2D eigenvalue weighted by atomic mass is 10.4. The second-order valence-electron chi connectivity index (χ2n) is 4.32. The summed E-state index contributed by atoms with van der Waals surface area (Å²) in [5, 5.41) is 3.97. The van der Waals surface area contributed by atoms with Gasteiger partial charge in [0.05, 0.1) is 17.7 Å². The summed E-state index contributed by atoms with van der Waals surface area (Å²) in [6.07, 6.45) is 1.24. The number of carbonyl (C=O) groups excluding carboxylic acids is 1. The highest BCUT2D eigenvalue weighted by atomic mass is 35.5. The number of hydrazone groups is 1. The van der Waals surface area contributed by atoms with Gasteiger partial charge in [-0.25, -0.2) is 23.4 Å².